The Morgan fingerprint density at radius 3 is 2.55 bits per heavy atom. The highest BCUT2D eigenvalue weighted by molar-refractivity contribution is 7.92. The highest BCUT2D eigenvalue weighted by Gasteiger charge is 2.40. The molecular weight excluding hydrogens is 162 g/mol. The van der Waals surface area contributed by atoms with Gasteiger partial charge < -0.3 is 5.32 Å². The Kier molecular flexibility index (Phi) is 1.68. The molecular formula is C7H13NO2S. The van der Waals surface area contributed by atoms with Gasteiger partial charge >= 0.3 is 0 Å². The predicted octanol–water partition coefficient (Wildman–Crippen LogP) is -0.217. The first-order valence-corrected chi connectivity index (χ1v) is 5.84. The molecule has 1 saturated carbocycles. The van der Waals surface area contributed by atoms with Gasteiger partial charge in [0, 0.05) is 13.1 Å². The zero-order valence-electron chi connectivity index (χ0n) is 6.41. The molecule has 0 radical (unpaired) electrons. The first kappa shape index (κ1) is 7.55. The van der Waals surface area contributed by atoms with Gasteiger partial charge in [-0.25, -0.2) is 8.42 Å². The lowest BCUT2D eigenvalue weighted by atomic mass is 10.3. The smallest absolute Gasteiger partial charge is 0.155 e. The Bertz CT molecular complexity index is 243. The molecule has 1 aliphatic heterocycles. The van der Waals surface area contributed by atoms with Gasteiger partial charge in [0.2, 0.25) is 0 Å². The van der Waals surface area contributed by atoms with Crippen LogP contribution in [0.1, 0.15) is 12.8 Å². The van der Waals surface area contributed by atoms with Crippen LogP contribution in [0.4, 0.5) is 0 Å². The van der Waals surface area contributed by atoms with Crippen LogP contribution in [0.3, 0.4) is 0 Å². The SMILES string of the molecule is O=S1(=O)CCNC[C@@H]1C1CC1. The van der Waals surface area contributed by atoms with E-state index in [4.69, 9.17) is 0 Å². The minimum Gasteiger partial charge on any atom is -0.314 e. The van der Waals surface area contributed by atoms with E-state index in [0.717, 1.165) is 12.8 Å². The Hall–Kier alpha value is -0.0900. The molecule has 0 aromatic rings. The van der Waals surface area contributed by atoms with Crippen molar-refractivity contribution in [2.75, 3.05) is 18.8 Å². The monoisotopic (exact) mass is 175 g/mol. The predicted molar refractivity (Wildman–Crippen MR) is 43.2 cm³/mol. The van der Waals surface area contributed by atoms with Crippen molar-refractivity contribution in [1.82, 2.24) is 5.32 Å². The van der Waals surface area contributed by atoms with Crippen molar-refractivity contribution in [3.05, 3.63) is 0 Å². The van der Waals surface area contributed by atoms with Crippen molar-refractivity contribution in [1.29, 1.82) is 0 Å². The van der Waals surface area contributed by atoms with Gasteiger partial charge in [-0.05, 0) is 18.8 Å². The summed E-state index contributed by atoms with van der Waals surface area (Å²) in [6, 6.07) is 0. The van der Waals surface area contributed by atoms with Crippen molar-refractivity contribution in [3.63, 3.8) is 0 Å². The number of hydrogen-bond donors (Lipinski definition) is 1. The number of sulfone groups is 1. The lowest BCUT2D eigenvalue weighted by molar-refractivity contribution is 0.527. The van der Waals surface area contributed by atoms with E-state index in [9.17, 15) is 8.42 Å². The number of hydrogen-bond acceptors (Lipinski definition) is 3. The number of rotatable bonds is 1. The van der Waals surface area contributed by atoms with Crippen molar-refractivity contribution >= 4 is 9.84 Å². The maximum absolute atomic E-state index is 11.4. The molecule has 0 amide bonds. The molecule has 64 valence electrons. The van der Waals surface area contributed by atoms with Gasteiger partial charge in [0.25, 0.3) is 0 Å². The fourth-order valence-corrected chi connectivity index (χ4v) is 3.63. The van der Waals surface area contributed by atoms with Gasteiger partial charge in [-0.1, -0.05) is 0 Å². The van der Waals surface area contributed by atoms with Gasteiger partial charge in [-0.3, -0.25) is 0 Å². The molecule has 1 aliphatic carbocycles. The Balaban J connectivity index is 2.15. The molecule has 0 spiro atoms. The summed E-state index contributed by atoms with van der Waals surface area (Å²) in [5.74, 6) is 0.821. The van der Waals surface area contributed by atoms with Gasteiger partial charge in [-0.2, -0.15) is 0 Å². The van der Waals surface area contributed by atoms with E-state index < -0.39 is 9.84 Å². The molecule has 0 bridgehead atoms. The van der Waals surface area contributed by atoms with Crippen molar-refractivity contribution < 1.29 is 8.42 Å². The molecule has 0 aromatic heterocycles. The largest absolute Gasteiger partial charge is 0.314 e. The Morgan fingerprint density at radius 2 is 2.00 bits per heavy atom. The Labute approximate surface area is 67.1 Å². The van der Waals surface area contributed by atoms with Gasteiger partial charge in [0.05, 0.1) is 11.0 Å². The van der Waals surface area contributed by atoms with E-state index >= 15 is 0 Å². The molecule has 0 aromatic carbocycles. The minimum absolute atomic E-state index is 0.0590. The second-order valence-electron chi connectivity index (χ2n) is 3.45. The molecule has 1 heterocycles. The van der Waals surface area contributed by atoms with E-state index in [0.29, 0.717) is 24.8 Å². The zero-order valence-corrected chi connectivity index (χ0v) is 7.23. The van der Waals surface area contributed by atoms with Crippen LogP contribution in [-0.2, 0) is 9.84 Å². The first-order valence-electron chi connectivity index (χ1n) is 4.12. The van der Waals surface area contributed by atoms with Crippen LogP contribution in [0.2, 0.25) is 0 Å². The quantitative estimate of drug-likeness (QED) is 0.599. The lowest BCUT2D eigenvalue weighted by Crippen LogP contribution is -2.45. The van der Waals surface area contributed by atoms with E-state index in [-0.39, 0.29) is 5.25 Å². The van der Waals surface area contributed by atoms with Crippen LogP contribution >= 0.6 is 0 Å². The second-order valence-corrected chi connectivity index (χ2v) is 5.79. The summed E-state index contributed by atoms with van der Waals surface area (Å²) in [6.45, 7) is 1.33. The molecule has 1 N–H and O–H groups in total. The van der Waals surface area contributed by atoms with E-state index in [2.05, 4.69) is 5.32 Å². The summed E-state index contributed by atoms with van der Waals surface area (Å²) in [4.78, 5) is 0. The second kappa shape index (κ2) is 2.45. The fraction of sp³-hybridized carbons (Fsp3) is 1.00. The van der Waals surface area contributed by atoms with Crippen LogP contribution in [0.5, 0.6) is 0 Å². The summed E-state index contributed by atoms with van der Waals surface area (Å²) in [7, 11) is -2.72. The molecule has 2 aliphatic rings. The molecule has 2 rings (SSSR count). The number of nitrogens with one attached hydrogen (secondary N) is 1. The molecule has 4 heteroatoms. The summed E-state index contributed by atoms with van der Waals surface area (Å²) in [5, 5.41) is 3.07. The third kappa shape index (κ3) is 1.42. The minimum atomic E-state index is -2.72. The average Bonchev–Trinajstić information content (AvgIpc) is 2.69. The molecule has 1 saturated heterocycles. The van der Waals surface area contributed by atoms with E-state index in [1.807, 2.05) is 0 Å². The standard InChI is InChI=1S/C7H13NO2S/c9-11(10)4-3-8-5-7(11)6-1-2-6/h6-8H,1-5H2/t7-/m1/s1. The topological polar surface area (TPSA) is 46.2 Å². The van der Waals surface area contributed by atoms with Crippen LogP contribution in [-0.4, -0.2) is 32.5 Å². The normalized spacial score (nSPS) is 36.9. The highest BCUT2D eigenvalue weighted by atomic mass is 32.2. The molecule has 3 nitrogen and oxygen atoms in total. The maximum Gasteiger partial charge on any atom is 0.155 e. The molecule has 0 unspecified atom stereocenters. The van der Waals surface area contributed by atoms with Crippen molar-refractivity contribution in [3.8, 4) is 0 Å². The van der Waals surface area contributed by atoms with Crippen LogP contribution in [0.15, 0.2) is 0 Å². The van der Waals surface area contributed by atoms with Crippen LogP contribution in [0.25, 0.3) is 0 Å². The van der Waals surface area contributed by atoms with Crippen LogP contribution < -0.4 is 5.32 Å². The molecule has 11 heavy (non-hydrogen) atoms. The Morgan fingerprint density at radius 1 is 1.27 bits per heavy atom. The van der Waals surface area contributed by atoms with Gasteiger partial charge in [-0.15, -0.1) is 0 Å². The summed E-state index contributed by atoms with van der Waals surface area (Å²) in [6.07, 6.45) is 2.23. The van der Waals surface area contributed by atoms with Gasteiger partial charge in [0.1, 0.15) is 0 Å². The summed E-state index contributed by atoms with van der Waals surface area (Å²) >= 11 is 0. The van der Waals surface area contributed by atoms with Gasteiger partial charge in [0.15, 0.2) is 9.84 Å². The molecule has 2 fully saturated rings. The van der Waals surface area contributed by atoms with Crippen LogP contribution in [0, 0.1) is 5.92 Å². The van der Waals surface area contributed by atoms with Crippen molar-refractivity contribution in [2.24, 2.45) is 5.92 Å². The summed E-state index contributed by atoms with van der Waals surface area (Å²) < 4.78 is 22.8. The lowest BCUT2D eigenvalue weighted by Gasteiger charge is -2.22. The first-order chi connectivity index (χ1) is 5.20. The fourth-order valence-electron chi connectivity index (χ4n) is 1.66. The van der Waals surface area contributed by atoms with Crippen molar-refractivity contribution in [2.45, 2.75) is 18.1 Å². The average molecular weight is 175 g/mol. The third-order valence-electron chi connectivity index (χ3n) is 2.52. The zero-order chi connectivity index (χ0) is 7.90. The van der Waals surface area contributed by atoms with E-state index in [1.54, 1.807) is 0 Å². The third-order valence-corrected chi connectivity index (χ3v) is 4.77. The molecule has 1 atom stereocenters. The van der Waals surface area contributed by atoms with E-state index in [1.165, 1.54) is 0 Å². The maximum atomic E-state index is 11.4. The summed E-state index contributed by atoms with van der Waals surface area (Å²) in [5.41, 5.74) is 0. The highest BCUT2D eigenvalue weighted by Crippen LogP contribution is 2.36.